The molecule has 48 heavy (non-hydrogen) atoms. The zero-order chi connectivity index (χ0) is 34.9. The Kier molecular flexibility index (Phi) is 29.3. The van der Waals surface area contributed by atoms with E-state index in [4.69, 9.17) is 9.47 Å². The van der Waals surface area contributed by atoms with Gasteiger partial charge in [-0.05, 0) is 97.6 Å². The van der Waals surface area contributed by atoms with Gasteiger partial charge >= 0.3 is 11.9 Å². The number of rotatable bonds is 30. The highest BCUT2D eigenvalue weighted by atomic mass is 16.6. The highest BCUT2D eigenvalue weighted by Crippen LogP contribution is 2.28. The van der Waals surface area contributed by atoms with Crippen molar-refractivity contribution in [1.29, 1.82) is 0 Å². The summed E-state index contributed by atoms with van der Waals surface area (Å²) in [5.41, 5.74) is 0. The summed E-state index contributed by atoms with van der Waals surface area (Å²) in [4.78, 5) is 27.7. The van der Waals surface area contributed by atoms with Crippen molar-refractivity contribution in [2.24, 2.45) is 0 Å². The summed E-state index contributed by atoms with van der Waals surface area (Å²) in [5.74, 6) is -0.294. The number of allylic oxidation sites excluding steroid dienone is 8. The average molecular weight is 670 g/mol. The first-order chi connectivity index (χ1) is 23.5. The molecule has 3 atom stereocenters. The van der Waals surface area contributed by atoms with E-state index in [9.17, 15) is 9.59 Å². The minimum atomic E-state index is -0.347. The fraction of sp³-hybridized carbons (Fsp3) is 0.767. The normalized spacial score (nSPS) is 18.6. The van der Waals surface area contributed by atoms with Gasteiger partial charge in [0.25, 0.3) is 0 Å². The standard InChI is InChI=1S/C43H75NO4/c1-5-7-9-11-13-15-17-19-21-23-25-27-29-31-33-35-43(46)48-41-38-39(44(3)4)36-37-40(41)47-42(45)34-32-30-28-26-24-22-20-18-16-14-12-10-8-6-2/h12-15,18-21,39-41H,5-11,16-17,22-38H2,1-4H3. The SMILES string of the molecule is CCCCC=CCC=CCCCCCCCC(=O)OC1CCC(N(C)C)CC1OC(=O)CCCCCCCC=CCC=CCCCCC. The van der Waals surface area contributed by atoms with E-state index in [1.807, 2.05) is 0 Å². The molecule has 3 unspecified atom stereocenters. The molecule has 0 saturated heterocycles. The van der Waals surface area contributed by atoms with Crippen molar-refractivity contribution in [3.8, 4) is 0 Å². The fourth-order valence-corrected chi connectivity index (χ4v) is 6.24. The second-order valence-electron chi connectivity index (χ2n) is 14.1. The van der Waals surface area contributed by atoms with Crippen molar-refractivity contribution >= 4 is 11.9 Å². The van der Waals surface area contributed by atoms with Crippen LogP contribution in [0.4, 0.5) is 0 Å². The molecule has 0 spiro atoms. The maximum absolute atomic E-state index is 12.8. The molecule has 0 aromatic heterocycles. The van der Waals surface area contributed by atoms with Crippen LogP contribution in [0.2, 0.25) is 0 Å². The monoisotopic (exact) mass is 670 g/mol. The lowest BCUT2D eigenvalue weighted by atomic mass is 9.89. The summed E-state index contributed by atoms with van der Waals surface area (Å²) in [7, 11) is 4.14. The maximum atomic E-state index is 12.8. The van der Waals surface area contributed by atoms with Gasteiger partial charge in [0, 0.05) is 25.3 Å². The topological polar surface area (TPSA) is 55.8 Å². The van der Waals surface area contributed by atoms with Gasteiger partial charge in [-0.25, -0.2) is 0 Å². The molecule has 0 radical (unpaired) electrons. The Morgan fingerprint density at radius 2 is 0.938 bits per heavy atom. The number of carbonyl (C=O) groups excluding carboxylic acids is 2. The number of unbranched alkanes of at least 4 members (excludes halogenated alkanes) is 15. The van der Waals surface area contributed by atoms with Crippen molar-refractivity contribution in [2.45, 2.75) is 199 Å². The third-order valence-corrected chi connectivity index (χ3v) is 9.41. The minimum Gasteiger partial charge on any atom is -0.458 e. The number of esters is 2. The van der Waals surface area contributed by atoms with Gasteiger partial charge in [-0.3, -0.25) is 9.59 Å². The molecule has 5 nitrogen and oxygen atoms in total. The van der Waals surface area contributed by atoms with Crippen molar-refractivity contribution in [2.75, 3.05) is 14.1 Å². The van der Waals surface area contributed by atoms with E-state index < -0.39 is 0 Å². The summed E-state index contributed by atoms with van der Waals surface area (Å²) in [6.45, 7) is 4.47. The number of carbonyl (C=O) groups is 2. The molecule has 0 amide bonds. The third kappa shape index (κ3) is 25.8. The van der Waals surface area contributed by atoms with E-state index in [1.165, 1.54) is 70.6 Å². The van der Waals surface area contributed by atoms with Crippen LogP contribution in [0.5, 0.6) is 0 Å². The van der Waals surface area contributed by atoms with Crippen molar-refractivity contribution in [3.63, 3.8) is 0 Å². The van der Waals surface area contributed by atoms with Crippen LogP contribution in [0.1, 0.15) is 181 Å². The molecule has 0 N–H and O–H groups in total. The van der Waals surface area contributed by atoms with Crippen LogP contribution < -0.4 is 0 Å². The largest absolute Gasteiger partial charge is 0.458 e. The highest BCUT2D eigenvalue weighted by Gasteiger charge is 2.36. The zero-order valence-electron chi connectivity index (χ0n) is 31.8. The second kappa shape index (κ2) is 32.1. The molecule has 5 heteroatoms. The molecule has 1 fully saturated rings. The lowest BCUT2D eigenvalue weighted by Gasteiger charge is -2.37. The Hall–Kier alpha value is -2.14. The first-order valence-corrected chi connectivity index (χ1v) is 20.1. The smallest absolute Gasteiger partial charge is 0.306 e. The van der Waals surface area contributed by atoms with E-state index in [0.29, 0.717) is 18.9 Å². The number of hydrogen-bond acceptors (Lipinski definition) is 5. The molecule has 1 aliphatic rings. The Morgan fingerprint density at radius 1 is 0.521 bits per heavy atom. The van der Waals surface area contributed by atoms with Crippen LogP contribution in [-0.2, 0) is 19.1 Å². The van der Waals surface area contributed by atoms with Crippen molar-refractivity contribution in [1.82, 2.24) is 4.90 Å². The van der Waals surface area contributed by atoms with E-state index in [1.54, 1.807) is 0 Å². The number of nitrogens with zero attached hydrogens (tertiary/aromatic N) is 1. The van der Waals surface area contributed by atoms with E-state index in [2.05, 4.69) is 81.5 Å². The third-order valence-electron chi connectivity index (χ3n) is 9.41. The minimum absolute atomic E-state index is 0.145. The first kappa shape index (κ1) is 43.9. The summed E-state index contributed by atoms with van der Waals surface area (Å²) >= 11 is 0. The molecule has 1 saturated carbocycles. The lowest BCUT2D eigenvalue weighted by molar-refractivity contribution is -0.174. The summed E-state index contributed by atoms with van der Waals surface area (Å²) in [6.07, 6.45) is 45.1. The predicted molar refractivity (Wildman–Crippen MR) is 205 cm³/mol. The summed E-state index contributed by atoms with van der Waals surface area (Å²) in [6, 6.07) is 0.339. The Morgan fingerprint density at radius 3 is 1.42 bits per heavy atom. The van der Waals surface area contributed by atoms with Crippen LogP contribution >= 0.6 is 0 Å². The molecular weight excluding hydrogens is 594 g/mol. The molecule has 0 bridgehead atoms. The van der Waals surface area contributed by atoms with Crippen LogP contribution in [0.25, 0.3) is 0 Å². The van der Waals surface area contributed by atoms with Crippen LogP contribution in [0.3, 0.4) is 0 Å². The number of hydrogen-bond donors (Lipinski definition) is 0. The first-order valence-electron chi connectivity index (χ1n) is 20.1. The van der Waals surface area contributed by atoms with Gasteiger partial charge in [0.2, 0.25) is 0 Å². The Balaban J connectivity index is 2.20. The molecule has 1 rings (SSSR count). The zero-order valence-corrected chi connectivity index (χ0v) is 31.8. The molecule has 0 aliphatic heterocycles. The molecule has 276 valence electrons. The van der Waals surface area contributed by atoms with E-state index >= 15 is 0 Å². The van der Waals surface area contributed by atoms with E-state index in [-0.39, 0.29) is 24.1 Å². The lowest BCUT2D eigenvalue weighted by Crippen LogP contribution is -2.46. The molecule has 0 heterocycles. The maximum Gasteiger partial charge on any atom is 0.306 e. The van der Waals surface area contributed by atoms with Gasteiger partial charge in [-0.2, -0.15) is 0 Å². The fourth-order valence-electron chi connectivity index (χ4n) is 6.24. The summed E-state index contributed by atoms with van der Waals surface area (Å²) < 4.78 is 11.9. The molecule has 1 aliphatic carbocycles. The molecule has 0 aromatic rings. The van der Waals surface area contributed by atoms with Crippen molar-refractivity contribution < 1.29 is 19.1 Å². The quantitative estimate of drug-likeness (QED) is 0.0433. The Bertz CT molecular complexity index is 889. The van der Waals surface area contributed by atoms with Crippen molar-refractivity contribution in [3.05, 3.63) is 48.6 Å². The molecular formula is C43H75NO4. The average Bonchev–Trinajstić information content (AvgIpc) is 3.07. The summed E-state index contributed by atoms with van der Waals surface area (Å²) in [5, 5.41) is 0. The number of ether oxygens (including phenoxy) is 2. The predicted octanol–water partition coefficient (Wildman–Crippen LogP) is 12.2. The Labute approximate surface area is 297 Å². The van der Waals surface area contributed by atoms with Gasteiger partial charge in [-0.15, -0.1) is 0 Å². The van der Waals surface area contributed by atoms with Crippen LogP contribution in [0, 0.1) is 0 Å². The van der Waals surface area contributed by atoms with Gasteiger partial charge in [0.1, 0.15) is 12.2 Å². The highest BCUT2D eigenvalue weighted by molar-refractivity contribution is 5.70. The van der Waals surface area contributed by atoms with Gasteiger partial charge in [0.15, 0.2) is 0 Å². The second-order valence-corrected chi connectivity index (χ2v) is 14.1. The molecule has 0 aromatic carbocycles. The van der Waals surface area contributed by atoms with Crippen LogP contribution in [-0.4, -0.2) is 49.2 Å². The van der Waals surface area contributed by atoms with Gasteiger partial charge in [0.05, 0.1) is 0 Å². The van der Waals surface area contributed by atoms with E-state index in [0.717, 1.165) is 83.5 Å². The van der Waals surface area contributed by atoms with Gasteiger partial charge < -0.3 is 14.4 Å². The van der Waals surface area contributed by atoms with Gasteiger partial charge in [-0.1, -0.05) is 127 Å². The van der Waals surface area contributed by atoms with Crippen LogP contribution in [0.15, 0.2) is 48.6 Å².